The Morgan fingerprint density at radius 3 is 2.62 bits per heavy atom. The van der Waals surface area contributed by atoms with Gasteiger partial charge in [0.15, 0.2) is 0 Å². The Kier molecular flexibility index (Phi) is 3.48. The van der Waals surface area contributed by atoms with Crippen molar-refractivity contribution in [3.8, 4) is 0 Å². The Morgan fingerprint density at radius 2 is 2.12 bits per heavy atom. The molecule has 0 radical (unpaired) electrons. The minimum absolute atomic E-state index is 0.287. The molecule has 0 fully saturated rings. The summed E-state index contributed by atoms with van der Waals surface area (Å²) in [6.45, 7) is -0.734. The van der Waals surface area contributed by atoms with Crippen molar-refractivity contribution in [2.75, 3.05) is 6.54 Å². The van der Waals surface area contributed by atoms with Gasteiger partial charge in [-0.15, -0.1) is 11.3 Å². The number of aromatic nitrogens is 1. The Bertz CT molecular complexity index is 415. The molecule has 5 nitrogen and oxygen atoms in total. The third-order valence-electron chi connectivity index (χ3n) is 1.49. The van der Waals surface area contributed by atoms with E-state index in [1.807, 2.05) is 0 Å². The maximum Gasteiger partial charge on any atom is 0.427 e. The maximum absolute atomic E-state index is 12.3. The summed E-state index contributed by atoms with van der Waals surface area (Å²) in [5.74, 6) is -1.02. The molecule has 2 N–H and O–H groups in total. The monoisotopic (exact) mass is 254 g/mol. The van der Waals surface area contributed by atoms with E-state index >= 15 is 0 Å². The molecule has 0 aliphatic heterocycles. The summed E-state index contributed by atoms with van der Waals surface area (Å²) in [5.41, 5.74) is 0.128. The number of thiazole rings is 1. The summed E-state index contributed by atoms with van der Waals surface area (Å²) in [6.07, 6.45) is -6.15. The van der Waals surface area contributed by atoms with Crippen LogP contribution in [0.2, 0.25) is 0 Å². The lowest BCUT2D eigenvalue weighted by atomic mass is 10.2. The second-order valence-electron chi connectivity index (χ2n) is 2.61. The van der Waals surface area contributed by atoms with Gasteiger partial charge in [-0.2, -0.15) is 13.2 Å². The van der Waals surface area contributed by atoms with Crippen molar-refractivity contribution in [3.63, 3.8) is 0 Å². The summed E-state index contributed by atoms with van der Waals surface area (Å²) in [6, 6.07) is 0. The van der Waals surface area contributed by atoms with E-state index < -0.39 is 35.2 Å². The van der Waals surface area contributed by atoms with Gasteiger partial charge in [0.25, 0.3) is 0 Å². The molecule has 1 amide bonds. The molecule has 0 saturated carbocycles. The SMILES string of the molecule is O=C(O)NCC(=O)c1ncsc1C(F)(F)F. The molecular formula is C7H5F3N2O3S. The zero-order valence-electron chi connectivity index (χ0n) is 7.54. The van der Waals surface area contributed by atoms with E-state index in [2.05, 4.69) is 4.98 Å². The van der Waals surface area contributed by atoms with E-state index in [0.29, 0.717) is 0 Å². The van der Waals surface area contributed by atoms with Gasteiger partial charge in [0.05, 0.1) is 12.1 Å². The van der Waals surface area contributed by atoms with Gasteiger partial charge < -0.3 is 10.4 Å². The summed E-state index contributed by atoms with van der Waals surface area (Å²) < 4.78 is 37.0. The molecule has 0 aliphatic carbocycles. The van der Waals surface area contributed by atoms with Crippen molar-refractivity contribution >= 4 is 23.2 Å². The van der Waals surface area contributed by atoms with Crippen LogP contribution in [-0.4, -0.2) is 28.5 Å². The van der Waals surface area contributed by atoms with Crippen molar-refractivity contribution < 1.29 is 27.9 Å². The second kappa shape index (κ2) is 4.47. The molecule has 9 heteroatoms. The van der Waals surface area contributed by atoms with E-state index in [1.54, 1.807) is 5.32 Å². The van der Waals surface area contributed by atoms with Crippen LogP contribution in [0.25, 0.3) is 0 Å². The molecule has 0 aromatic carbocycles. The third-order valence-corrected chi connectivity index (χ3v) is 2.36. The predicted octanol–water partition coefficient (Wildman–Crippen LogP) is 1.61. The fraction of sp³-hybridized carbons (Fsp3) is 0.286. The minimum atomic E-state index is -4.66. The van der Waals surface area contributed by atoms with Gasteiger partial charge in [0.1, 0.15) is 10.6 Å². The number of carboxylic acid groups (broad SMARTS) is 1. The summed E-state index contributed by atoms with van der Waals surface area (Å²) in [7, 11) is 0. The van der Waals surface area contributed by atoms with Crippen molar-refractivity contribution in [1.29, 1.82) is 0 Å². The highest BCUT2D eigenvalue weighted by Crippen LogP contribution is 2.34. The minimum Gasteiger partial charge on any atom is -0.465 e. The smallest absolute Gasteiger partial charge is 0.427 e. The highest BCUT2D eigenvalue weighted by Gasteiger charge is 2.37. The van der Waals surface area contributed by atoms with Gasteiger partial charge in [-0.1, -0.05) is 0 Å². The fourth-order valence-corrected chi connectivity index (χ4v) is 1.56. The Hall–Kier alpha value is -1.64. The molecule has 1 rings (SSSR count). The Morgan fingerprint density at radius 1 is 1.50 bits per heavy atom. The van der Waals surface area contributed by atoms with Gasteiger partial charge in [-0.05, 0) is 0 Å². The lowest BCUT2D eigenvalue weighted by Crippen LogP contribution is -2.29. The molecule has 1 aromatic rings. The van der Waals surface area contributed by atoms with E-state index in [9.17, 15) is 22.8 Å². The molecule has 0 bridgehead atoms. The van der Waals surface area contributed by atoms with Crippen LogP contribution < -0.4 is 5.32 Å². The summed E-state index contributed by atoms with van der Waals surface area (Å²) in [4.78, 5) is 23.4. The van der Waals surface area contributed by atoms with Crippen LogP contribution in [0, 0.1) is 0 Å². The van der Waals surface area contributed by atoms with E-state index in [4.69, 9.17) is 5.11 Å². The highest BCUT2D eigenvalue weighted by atomic mass is 32.1. The van der Waals surface area contributed by atoms with Crippen LogP contribution in [0.1, 0.15) is 15.4 Å². The largest absolute Gasteiger partial charge is 0.465 e. The second-order valence-corrected chi connectivity index (χ2v) is 3.46. The number of alkyl halides is 3. The van der Waals surface area contributed by atoms with E-state index in [1.165, 1.54) is 0 Å². The molecule has 88 valence electrons. The molecule has 0 saturated heterocycles. The first-order valence-electron chi connectivity index (χ1n) is 3.83. The molecule has 0 unspecified atom stereocenters. The quantitative estimate of drug-likeness (QED) is 0.803. The van der Waals surface area contributed by atoms with Crippen LogP contribution in [0.15, 0.2) is 5.51 Å². The predicted molar refractivity (Wildman–Crippen MR) is 47.5 cm³/mol. The standard InChI is InChI=1S/C7H5F3N2O3S/c8-7(9,10)5-4(12-2-16-5)3(13)1-11-6(14)15/h2,11H,1H2,(H,14,15). The number of rotatable bonds is 3. The van der Waals surface area contributed by atoms with Gasteiger partial charge in [-0.25, -0.2) is 9.78 Å². The van der Waals surface area contributed by atoms with Crippen LogP contribution in [0.4, 0.5) is 18.0 Å². The number of Topliss-reactive ketones (excluding diaryl/α,β-unsaturated/α-hetero) is 1. The van der Waals surface area contributed by atoms with Crippen LogP contribution in [0.5, 0.6) is 0 Å². The molecule has 16 heavy (non-hydrogen) atoms. The van der Waals surface area contributed by atoms with Gasteiger partial charge in [0, 0.05) is 0 Å². The molecule has 1 heterocycles. The van der Waals surface area contributed by atoms with Crippen LogP contribution in [0.3, 0.4) is 0 Å². The van der Waals surface area contributed by atoms with Crippen molar-refractivity contribution in [2.45, 2.75) is 6.18 Å². The van der Waals surface area contributed by atoms with Crippen molar-refractivity contribution in [3.05, 3.63) is 16.1 Å². The number of carbonyl (C=O) groups excluding carboxylic acids is 1. The molecule has 0 aliphatic rings. The summed E-state index contributed by atoms with van der Waals surface area (Å²) >= 11 is 0.287. The number of ketones is 1. The average molecular weight is 254 g/mol. The third kappa shape index (κ3) is 2.92. The number of halogens is 3. The van der Waals surface area contributed by atoms with Gasteiger partial charge in [-0.3, -0.25) is 4.79 Å². The summed E-state index contributed by atoms with van der Waals surface area (Å²) in [5, 5.41) is 9.86. The lowest BCUT2D eigenvalue weighted by Gasteiger charge is -2.05. The number of hydrogen-bond donors (Lipinski definition) is 2. The molecular weight excluding hydrogens is 249 g/mol. The number of hydrogen-bond acceptors (Lipinski definition) is 4. The fourth-order valence-electron chi connectivity index (χ4n) is 0.886. The number of nitrogens with zero attached hydrogens (tertiary/aromatic N) is 1. The zero-order valence-corrected chi connectivity index (χ0v) is 8.35. The first-order chi connectivity index (χ1) is 7.32. The van der Waals surface area contributed by atoms with Gasteiger partial charge in [0.2, 0.25) is 5.78 Å². The number of amides is 1. The van der Waals surface area contributed by atoms with Gasteiger partial charge >= 0.3 is 12.3 Å². The zero-order chi connectivity index (χ0) is 12.3. The normalized spacial score (nSPS) is 11.2. The number of carbonyl (C=O) groups is 2. The van der Waals surface area contributed by atoms with Crippen LogP contribution >= 0.6 is 11.3 Å². The topological polar surface area (TPSA) is 79.3 Å². The maximum atomic E-state index is 12.3. The first-order valence-corrected chi connectivity index (χ1v) is 4.71. The number of nitrogens with one attached hydrogen (secondary N) is 1. The first kappa shape index (κ1) is 12.4. The van der Waals surface area contributed by atoms with E-state index in [-0.39, 0.29) is 11.3 Å². The molecule has 0 spiro atoms. The van der Waals surface area contributed by atoms with Crippen molar-refractivity contribution in [1.82, 2.24) is 10.3 Å². The molecule has 0 atom stereocenters. The average Bonchev–Trinajstić information content (AvgIpc) is 2.61. The Balaban J connectivity index is 2.84. The van der Waals surface area contributed by atoms with Crippen molar-refractivity contribution in [2.24, 2.45) is 0 Å². The Labute approximate surface area is 90.9 Å². The highest BCUT2D eigenvalue weighted by molar-refractivity contribution is 7.10. The van der Waals surface area contributed by atoms with E-state index in [0.717, 1.165) is 5.51 Å². The molecule has 1 aromatic heterocycles. The lowest BCUT2D eigenvalue weighted by molar-refractivity contribution is -0.134. The van der Waals surface area contributed by atoms with Crippen LogP contribution in [-0.2, 0) is 6.18 Å².